The SMILES string of the molecule is CCc1cc(N2CCCCC2)ccn1. The largest absolute Gasteiger partial charge is 0.371 e. The molecule has 76 valence electrons. The second kappa shape index (κ2) is 4.45. The zero-order valence-electron chi connectivity index (χ0n) is 8.87. The Morgan fingerprint density at radius 1 is 1.29 bits per heavy atom. The molecule has 0 bridgehead atoms. The monoisotopic (exact) mass is 190 g/mol. The summed E-state index contributed by atoms with van der Waals surface area (Å²) >= 11 is 0. The quantitative estimate of drug-likeness (QED) is 0.712. The fourth-order valence-electron chi connectivity index (χ4n) is 2.01. The number of piperidine rings is 1. The predicted octanol–water partition coefficient (Wildman–Crippen LogP) is 2.63. The molecule has 0 amide bonds. The summed E-state index contributed by atoms with van der Waals surface area (Å²) < 4.78 is 0. The lowest BCUT2D eigenvalue weighted by atomic mass is 10.1. The number of pyridine rings is 1. The standard InChI is InChI=1S/C12H18N2/c1-2-11-10-12(6-7-13-11)14-8-4-3-5-9-14/h6-7,10H,2-5,8-9H2,1H3. The van der Waals surface area contributed by atoms with E-state index in [9.17, 15) is 0 Å². The van der Waals surface area contributed by atoms with Crippen molar-refractivity contribution in [3.63, 3.8) is 0 Å². The first kappa shape index (κ1) is 9.50. The molecule has 2 heteroatoms. The van der Waals surface area contributed by atoms with Crippen molar-refractivity contribution in [3.8, 4) is 0 Å². The molecule has 1 saturated heterocycles. The molecule has 1 aliphatic rings. The molecule has 14 heavy (non-hydrogen) atoms. The maximum atomic E-state index is 4.33. The molecule has 2 heterocycles. The summed E-state index contributed by atoms with van der Waals surface area (Å²) in [5, 5.41) is 0. The van der Waals surface area contributed by atoms with E-state index in [2.05, 4.69) is 28.9 Å². The van der Waals surface area contributed by atoms with Gasteiger partial charge in [-0.25, -0.2) is 0 Å². The van der Waals surface area contributed by atoms with Gasteiger partial charge in [-0.2, -0.15) is 0 Å². The summed E-state index contributed by atoms with van der Waals surface area (Å²) in [6.07, 6.45) is 7.03. The Kier molecular flexibility index (Phi) is 3.02. The first-order valence-electron chi connectivity index (χ1n) is 5.60. The molecule has 0 aliphatic carbocycles. The highest BCUT2D eigenvalue weighted by atomic mass is 15.1. The van der Waals surface area contributed by atoms with Crippen molar-refractivity contribution in [2.24, 2.45) is 0 Å². The normalized spacial score (nSPS) is 17.1. The minimum atomic E-state index is 1.03. The van der Waals surface area contributed by atoms with Crippen LogP contribution in [0.15, 0.2) is 18.3 Å². The van der Waals surface area contributed by atoms with Gasteiger partial charge in [0, 0.05) is 30.7 Å². The van der Waals surface area contributed by atoms with Gasteiger partial charge in [-0.05, 0) is 37.8 Å². The Labute approximate surface area is 86.0 Å². The van der Waals surface area contributed by atoms with E-state index in [0.717, 1.165) is 6.42 Å². The van der Waals surface area contributed by atoms with Gasteiger partial charge in [0.25, 0.3) is 0 Å². The number of aromatic nitrogens is 1. The predicted molar refractivity (Wildman–Crippen MR) is 59.7 cm³/mol. The second-order valence-electron chi connectivity index (χ2n) is 3.91. The molecule has 1 aromatic rings. The average Bonchev–Trinajstić information content (AvgIpc) is 2.30. The third-order valence-electron chi connectivity index (χ3n) is 2.88. The Morgan fingerprint density at radius 3 is 2.79 bits per heavy atom. The molecule has 0 spiro atoms. The minimum absolute atomic E-state index is 1.03. The van der Waals surface area contributed by atoms with Crippen LogP contribution in [-0.2, 0) is 6.42 Å². The Bertz CT molecular complexity index is 290. The van der Waals surface area contributed by atoms with Crippen molar-refractivity contribution in [2.75, 3.05) is 18.0 Å². The molecule has 0 unspecified atom stereocenters. The number of rotatable bonds is 2. The van der Waals surface area contributed by atoms with E-state index in [4.69, 9.17) is 0 Å². The third-order valence-corrected chi connectivity index (χ3v) is 2.88. The average molecular weight is 190 g/mol. The first-order chi connectivity index (χ1) is 6.90. The van der Waals surface area contributed by atoms with Gasteiger partial charge in [0.15, 0.2) is 0 Å². The highest BCUT2D eigenvalue weighted by Gasteiger charge is 2.10. The van der Waals surface area contributed by atoms with Crippen LogP contribution in [0.1, 0.15) is 31.9 Å². The van der Waals surface area contributed by atoms with Crippen LogP contribution in [0.4, 0.5) is 5.69 Å². The number of aryl methyl sites for hydroxylation is 1. The van der Waals surface area contributed by atoms with E-state index < -0.39 is 0 Å². The fraction of sp³-hybridized carbons (Fsp3) is 0.583. The lowest BCUT2D eigenvalue weighted by Gasteiger charge is -2.28. The molecule has 1 fully saturated rings. The van der Waals surface area contributed by atoms with E-state index in [1.165, 1.54) is 43.7 Å². The van der Waals surface area contributed by atoms with Gasteiger partial charge in [0.2, 0.25) is 0 Å². The van der Waals surface area contributed by atoms with Gasteiger partial charge in [0.05, 0.1) is 0 Å². The Hall–Kier alpha value is -1.05. The Morgan fingerprint density at radius 2 is 2.07 bits per heavy atom. The van der Waals surface area contributed by atoms with Crippen molar-refractivity contribution in [2.45, 2.75) is 32.6 Å². The van der Waals surface area contributed by atoms with Crippen molar-refractivity contribution in [1.29, 1.82) is 0 Å². The zero-order chi connectivity index (χ0) is 9.80. The summed E-state index contributed by atoms with van der Waals surface area (Å²) in [5.74, 6) is 0. The highest BCUT2D eigenvalue weighted by Crippen LogP contribution is 2.19. The fourth-order valence-corrected chi connectivity index (χ4v) is 2.01. The summed E-state index contributed by atoms with van der Waals surface area (Å²) in [6.45, 7) is 4.59. The molecule has 0 atom stereocenters. The number of anilines is 1. The van der Waals surface area contributed by atoms with E-state index in [1.807, 2.05) is 6.20 Å². The molecule has 2 nitrogen and oxygen atoms in total. The molecule has 0 radical (unpaired) electrons. The van der Waals surface area contributed by atoms with Crippen molar-refractivity contribution in [1.82, 2.24) is 4.98 Å². The van der Waals surface area contributed by atoms with Gasteiger partial charge in [0.1, 0.15) is 0 Å². The summed E-state index contributed by atoms with van der Waals surface area (Å²) in [7, 11) is 0. The maximum absolute atomic E-state index is 4.33. The van der Waals surface area contributed by atoms with Gasteiger partial charge in [-0.3, -0.25) is 4.98 Å². The van der Waals surface area contributed by atoms with Gasteiger partial charge in [-0.1, -0.05) is 6.92 Å². The molecule has 0 aromatic carbocycles. The van der Waals surface area contributed by atoms with E-state index >= 15 is 0 Å². The number of hydrogen-bond acceptors (Lipinski definition) is 2. The molecular weight excluding hydrogens is 172 g/mol. The molecule has 0 N–H and O–H groups in total. The van der Waals surface area contributed by atoms with Crippen molar-refractivity contribution >= 4 is 5.69 Å². The van der Waals surface area contributed by atoms with Crippen LogP contribution >= 0.6 is 0 Å². The van der Waals surface area contributed by atoms with Crippen molar-refractivity contribution < 1.29 is 0 Å². The van der Waals surface area contributed by atoms with E-state index in [0.29, 0.717) is 0 Å². The van der Waals surface area contributed by atoms with Crippen LogP contribution in [0.5, 0.6) is 0 Å². The van der Waals surface area contributed by atoms with Crippen LogP contribution in [-0.4, -0.2) is 18.1 Å². The topological polar surface area (TPSA) is 16.1 Å². The molecular formula is C12H18N2. The van der Waals surface area contributed by atoms with Crippen LogP contribution in [0, 0.1) is 0 Å². The zero-order valence-corrected chi connectivity index (χ0v) is 8.87. The molecule has 2 rings (SSSR count). The number of nitrogens with zero attached hydrogens (tertiary/aromatic N) is 2. The van der Waals surface area contributed by atoms with Gasteiger partial charge in [-0.15, -0.1) is 0 Å². The van der Waals surface area contributed by atoms with E-state index in [-0.39, 0.29) is 0 Å². The number of hydrogen-bond donors (Lipinski definition) is 0. The maximum Gasteiger partial charge on any atom is 0.0421 e. The third kappa shape index (κ3) is 2.06. The summed E-state index contributed by atoms with van der Waals surface area (Å²) in [4.78, 5) is 6.80. The highest BCUT2D eigenvalue weighted by molar-refractivity contribution is 5.46. The molecule has 1 aliphatic heterocycles. The minimum Gasteiger partial charge on any atom is -0.371 e. The lowest BCUT2D eigenvalue weighted by molar-refractivity contribution is 0.577. The van der Waals surface area contributed by atoms with Crippen LogP contribution in [0.3, 0.4) is 0 Å². The lowest BCUT2D eigenvalue weighted by Crippen LogP contribution is -2.29. The summed E-state index contributed by atoms with van der Waals surface area (Å²) in [5.41, 5.74) is 2.56. The van der Waals surface area contributed by atoms with Crippen LogP contribution in [0.25, 0.3) is 0 Å². The first-order valence-corrected chi connectivity index (χ1v) is 5.60. The van der Waals surface area contributed by atoms with Gasteiger partial charge >= 0.3 is 0 Å². The Balaban J connectivity index is 2.13. The van der Waals surface area contributed by atoms with Crippen LogP contribution < -0.4 is 4.90 Å². The molecule has 0 saturated carbocycles. The van der Waals surface area contributed by atoms with E-state index in [1.54, 1.807) is 0 Å². The second-order valence-corrected chi connectivity index (χ2v) is 3.91. The van der Waals surface area contributed by atoms with Crippen LogP contribution in [0.2, 0.25) is 0 Å². The summed E-state index contributed by atoms with van der Waals surface area (Å²) in [6, 6.07) is 4.36. The van der Waals surface area contributed by atoms with Crippen molar-refractivity contribution in [3.05, 3.63) is 24.0 Å². The molecule has 1 aromatic heterocycles. The smallest absolute Gasteiger partial charge is 0.0421 e. The van der Waals surface area contributed by atoms with Gasteiger partial charge < -0.3 is 4.90 Å².